The standard InChI is InChI=1S/C19H27NO/c21-18(13-20-12-14-4-2-1-3-5-14)19-9-15-6-16(10-19)8-17(7-15)11-19/h1-5,15-18,20-21H,6-13H2. The third kappa shape index (κ3) is 2.64. The highest BCUT2D eigenvalue weighted by molar-refractivity contribution is 5.14. The summed E-state index contributed by atoms with van der Waals surface area (Å²) in [6.45, 7) is 1.62. The first-order valence-corrected chi connectivity index (χ1v) is 8.66. The van der Waals surface area contributed by atoms with E-state index >= 15 is 0 Å². The van der Waals surface area contributed by atoms with Crippen LogP contribution in [0.4, 0.5) is 0 Å². The topological polar surface area (TPSA) is 32.3 Å². The van der Waals surface area contributed by atoms with Gasteiger partial charge in [-0.2, -0.15) is 0 Å². The molecule has 0 amide bonds. The fourth-order valence-corrected chi connectivity index (χ4v) is 5.75. The van der Waals surface area contributed by atoms with Gasteiger partial charge in [0.2, 0.25) is 0 Å². The average Bonchev–Trinajstić information content (AvgIpc) is 2.47. The van der Waals surface area contributed by atoms with E-state index in [2.05, 4.69) is 29.6 Å². The molecule has 1 atom stereocenters. The zero-order valence-corrected chi connectivity index (χ0v) is 12.8. The van der Waals surface area contributed by atoms with Crippen LogP contribution in [0.3, 0.4) is 0 Å². The minimum atomic E-state index is -0.158. The molecule has 2 N–H and O–H groups in total. The Morgan fingerprint density at radius 1 is 1.00 bits per heavy atom. The molecule has 0 aromatic heterocycles. The normalized spacial score (nSPS) is 38.6. The van der Waals surface area contributed by atoms with Crippen LogP contribution < -0.4 is 5.32 Å². The summed E-state index contributed by atoms with van der Waals surface area (Å²) in [5, 5.41) is 14.3. The van der Waals surface area contributed by atoms with Crippen molar-refractivity contribution in [1.29, 1.82) is 0 Å². The predicted molar refractivity (Wildman–Crippen MR) is 84.8 cm³/mol. The fraction of sp³-hybridized carbons (Fsp3) is 0.684. The van der Waals surface area contributed by atoms with E-state index < -0.39 is 0 Å². The molecule has 0 spiro atoms. The van der Waals surface area contributed by atoms with Crippen molar-refractivity contribution in [2.24, 2.45) is 23.2 Å². The van der Waals surface area contributed by atoms with Gasteiger partial charge in [0.15, 0.2) is 0 Å². The largest absolute Gasteiger partial charge is 0.391 e. The van der Waals surface area contributed by atoms with Crippen molar-refractivity contribution in [2.75, 3.05) is 6.54 Å². The second-order valence-electron chi connectivity index (χ2n) is 7.91. The van der Waals surface area contributed by atoms with Gasteiger partial charge in [0.25, 0.3) is 0 Å². The predicted octanol–water partition coefficient (Wildman–Crippen LogP) is 3.35. The third-order valence-corrected chi connectivity index (χ3v) is 6.30. The molecule has 4 fully saturated rings. The lowest BCUT2D eigenvalue weighted by Crippen LogP contribution is -2.54. The van der Waals surface area contributed by atoms with Crippen molar-refractivity contribution < 1.29 is 5.11 Å². The molecule has 0 heterocycles. The molecule has 21 heavy (non-hydrogen) atoms. The molecule has 5 rings (SSSR count). The van der Waals surface area contributed by atoms with Crippen molar-refractivity contribution in [3.8, 4) is 0 Å². The Kier molecular flexibility index (Phi) is 3.55. The first-order chi connectivity index (χ1) is 10.2. The van der Waals surface area contributed by atoms with Gasteiger partial charge in [0.1, 0.15) is 0 Å². The molecular formula is C19H27NO. The van der Waals surface area contributed by atoms with Crippen LogP contribution in [-0.2, 0) is 6.54 Å². The minimum Gasteiger partial charge on any atom is -0.391 e. The van der Waals surface area contributed by atoms with Crippen LogP contribution in [0.15, 0.2) is 30.3 Å². The quantitative estimate of drug-likeness (QED) is 0.869. The molecule has 4 saturated carbocycles. The molecular weight excluding hydrogens is 258 g/mol. The van der Waals surface area contributed by atoms with Gasteiger partial charge in [0, 0.05) is 13.1 Å². The Labute approximate surface area is 128 Å². The van der Waals surface area contributed by atoms with Gasteiger partial charge in [-0.05, 0) is 67.3 Å². The van der Waals surface area contributed by atoms with Crippen LogP contribution in [0, 0.1) is 23.2 Å². The summed E-state index contributed by atoms with van der Waals surface area (Å²) >= 11 is 0. The number of hydrogen-bond donors (Lipinski definition) is 2. The lowest BCUT2D eigenvalue weighted by atomic mass is 9.48. The molecule has 1 unspecified atom stereocenters. The number of nitrogens with one attached hydrogen (secondary N) is 1. The van der Waals surface area contributed by atoms with E-state index in [9.17, 15) is 5.11 Å². The van der Waals surface area contributed by atoms with Crippen LogP contribution in [0.2, 0.25) is 0 Å². The fourth-order valence-electron chi connectivity index (χ4n) is 5.75. The highest BCUT2D eigenvalue weighted by Gasteiger charge is 2.53. The Bertz CT molecular complexity index is 448. The molecule has 4 aliphatic rings. The second kappa shape index (κ2) is 5.40. The first-order valence-electron chi connectivity index (χ1n) is 8.66. The first kappa shape index (κ1) is 13.8. The highest BCUT2D eigenvalue weighted by atomic mass is 16.3. The molecule has 0 radical (unpaired) electrons. The minimum absolute atomic E-state index is 0.158. The molecule has 114 valence electrons. The van der Waals surface area contributed by atoms with Crippen molar-refractivity contribution in [3.63, 3.8) is 0 Å². The van der Waals surface area contributed by atoms with E-state index in [0.29, 0.717) is 0 Å². The van der Waals surface area contributed by atoms with E-state index in [1.165, 1.54) is 44.1 Å². The van der Waals surface area contributed by atoms with E-state index in [-0.39, 0.29) is 11.5 Å². The zero-order valence-electron chi connectivity index (χ0n) is 12.8. The lowest BCUT2D eigenvalue weighted by Gasteiger charge is -2.58. The highest BCUT2D eigenvalue weighted by Crippen LogP contribution is 2.61. The van der Waals surface area contributed by atoms with Crippen molar-refractivity contribution in [3.05, 3.63) is 35.9 Å². The number of aliphatic hydroxyl groups excluding tert-OH is 1. The van der Waals surface area contributed by atoms with Gasteiger partial charge in [-0.3, -0.25) is 0 Å². The molecule has 0 saturated heterocycles. The van der Waals surface area contributed by atoms with E-state index in [1.807, 2.05) is 6.07 Å². The van der Waals surface area contributed by atoms with Crippen molar-refractivity contribution >= 4 is 0 Å². The maximum atomic E-state index is 10.8. The van der Waals surface area contributed by atoms with Crippen molar-refractivity contribution in [1.82, 2.24) is 5.32 Å². The summed E-state index contributed by atoms with van der Waals surface area (Å²) in [5.74, 6) is 2.75. The van der Waals surface area contributed by atoms with Gasteiger partial charge in [-0.15, -0.1) is 0 Å². The molecule has 4 bridgehead atoms. The summed E-state index contributed by atoms with van der Waals surface area (Å²) in [4.78, 5) is 0. The van der Waals surface area contributed by atoms with Crippen LogP contribution in [0.5, 0.6) is 0 Å². The third-order valence-electron chi connectivity index (χ3n) is 6.30. The summed E-state index contributed by atoms with van der Waals surface area (Å²) in [7, 11) is 0. The lowest BCUT2D eigenvalue weighted by molar-refractivity contribution is -0.118. The summed E-state index contributed by atoms with van der Waals surface area (Å²) in [6, 6.07) is 10.5. The summed E-state index contributed by atoms with van der Waals surface area (Å²) in [6.07, 6.45) is 8.04. The second-order valence-corrected chi connectivity index (χ2v) is 7.91. The van der Waals surface area contributed by atoms with Crippen LogP contribution in [-0.4, -0.2) is 17.8 Å². The van der Waals surface area contributed by atoms with Gasteiger partial charge < -0.3 is 10.4 Å². The summed E-state index contributed by atoms with van der Waals surface area (Å²) < 4.78 is 0. The molecule has 2 nitrogen and oxygen atoms in total. The molecule has 2 heteroatoms. The Balaban J connectivity index is 1.35. The number of hydrogen-bond acceptors (Lipinski definition) is 2. The Hall–Kier alpha value is -0.860. The zero-order chi connectivity index (χ0) is 14.3. The Morgan fingerprint density at radius 3 is 2.14 bits per heavy atom. The van der Waals surface area contributed by atoms with E-state index in [4.69, 9.17) is 0 Å². The van der Waals surface area contributed by atoms with Crippen LogP contribution >= 0.6 is 0 Å². The average molecular weight is 285 g/mol. The number of rotatable bonds is 5. The molecule has 0 aliphatic heterocycles. The molecule has 1 aromatic carbocycles. The van der Waals surface area contributed by atoms with Gasteiger partial charge in [-0.25, -0.2) is 0 Å². The maximum absolute atomic E-state index is 10.8. The van der Waals surface area contributed by atoms with Crippen LogP contribution in [0.25, 0.3) is 0 Å². The van der Waals surface area contributed by atoms with E-state index in [1.54, 1.807) is 0 Å². The molecule has 4 aliphatic carbocycles. The summed E-state index contributed by atoms with van der Waals surface area (Å²) in [5.41, 5.74) is 1.55. The smallest absolute Gasteiger partial charge is 0.0721 e. The maximum Gasteiger partial charge on any atom is 0.0721 e. The number of aliphatic hydroxyl groups is 1. The SMILES string of the molecule is OC(CNCc1ccccc1)C12CC3CC(CC(C3)C1)C2. The van der Waals surface area contributed by atoms with Crippen molar-refractivity contribution in [2.45, 2.75) is 51.2 Å². The van der Waals surface area contributed by atoms with Gasteiger partial charge in [-0.1, -0.05) is 30.3 Å². The Morgan fingerprint density at radius 2 is 1.57 bits per heavy atom. The number of benzene rings is 1. The molecule has 1 aromatic rings. The van der Waals surface area contributed by atoms with Crippen LogP contribution in [0.1, 0.15) is 44.1 Å². The van der Waals surface area contributed by atoms with Gasteiger partial charge >= 0.3 is 0 Å². The van der Waals surface area contributed by atoms with E-state index in [0.717, 1.165) is 30.8 Å². The monoisotopic (exact) mass is 285 g/mol. The van der Waals surface area contributed by atoms with Gasteiger partial charge in [0.05, 0.1) is 6.10 Å².